The smallest absolute Gasteiger partial charge is 0.313 e. The van der Waals surface area contributed by atoms with Crippen LogP contribution in [0, 0.1) is 0 Å². The van der Waals surface area contributed by atoms with E-state index in [2.05, 4.69) is 15.9 Å². The molecule has 17 heavy (non-hydrogen) atoms. The van der Waals surface area contributed by atoms with Crippen molar-refractivity contribution in [1.29, 1.82) is 0 Å². The zero-order valence-corrected chi connectivity index (χ0v) is 11.8. The summed E-state index contributed by atoms with van der Waals surface area (Å²) < 4.78 is 5.66. The van der Waals surface area contributed by atoms with Crippen LogP contribution in [0.4, 0.5) is 0 Å². The molecule has 0 amide bonds. The maximum Gasteiger partial charge on any atom is 0.313 e. The summed E-state index contributed by atoms with van der Waals surface area (Å²) in [5, 5.41) is 0. The van der Waals surface area contributed by atoms with Gasteiger partial charge in [0.05, 0.1) is 12.4 Å². The van der Waals surface area contributed by atoms with Crippen LogP contribution < -0.4 is 0 Å². The molecule has 5 heteroatoms. The maximum absolute atomic E-state index is 11.5. The Hall–Kier alpha value is -0.810. The molecule has 0 fully saturated rings. The number of carbonyl (C=O) groups excluding carboxylic acids is 2. The highest BCUT2D eigenvalue weighted by Crippen LogP contribution is 2.26. The molecular weight excluding hydrogens is 304 g/mol. The lowest BCUT2D eigenvalue weighted by molar-refractivity contribution is -0.145. The van der Waals surface area contributed by atoms with Crippen LogP contribution in [0.1, 0.15) is 13.3 Å². The number of Topliss-reactive ketones (excluding diaryl/α,β-unsaturated/α-hetero) is 1. The van der Waals surface area contributed by atoms with Crippen molar-refractivity contribution in [2.24, 2.45) is 0 Å². The number of hydrogen-bond donors (Lipinski definition) is 0. The van der Waals surface area contributed by atoms with E-state index in [4.69, 9.17) is 4.74 Å². The molecule has 1 aromatic carbocycles. The number of carbonyl (C=O) groups is 2. The van der Waals surface area contributed by atoms with E-state index < -0.39 is 5.97 Å². The first kappa shape index (κ1) is 14.3. The summed E-state index contributed by atoms with van der Waals surface area (Å²) in [7, 11) is 0. The Labute approximate surface area is 113 Å². The molecule has 0 aliphatic carbocycles. The highest BCUT2D eigenvalue weighted by atomic mass is 79.9. The molecule has 0 spiro atoms. The van der Waals surface area contributed by atoms with E-state index in [0.29, 0.717) is 6.61 Å². The molecule has 0 aliphatic rings. The van der Waals surface area contributed by atoms with Gasteiger partial charge in [-0.15, -0.1) is 11.8 Å². The van der Waals surface area contributed by atoms with Gasteiger partial charge in [-0.3, -0.25) is 9.59 Å². The minimum absolute atomic E-state index is 0.121. The number of thioether (sulfide) groups is 1. The molecule has 0 bridgehead atoms. The van der Waals surface area contributed by atoms with Gasteiger partial charge in [0.25, 0.3) is 0 Å². The molecule has 1 aromatic rings. The lowest BCUT2D eigenvalue weighted by Crippen LogP contribution is -2.12. The predicted molar refractivity (Wildman–Crippen MR) is 71.1 cm³/mol. The van der Waals surface area contributed by atoms with Crippen LogP contribution in [0.3, 0.4) is 0 Å². The first-order valence-corrected chi connectivity index (χ1v) is 6.96. The van der Waals surface area contributed by atoms with E-state index in [1.165, 1.54) is 11.8 Å². The van der Waals surface area contributed by atoms with Crippen LogP contribution in [-0.2, 0) is 14.3 Å². The Morgan fingerprint density at radius 2 is 2.06 bits per heavy atom. The minimum atomic E-state index is -0.453. The Bertz CT molecular complexity index is 406. The van der Waals surface area contributed by atoms with E-state index in [1.54, 1.807) is 6.92 Å². The van der Waals surface area contributed by atoms with Crippen LogP contribution in [0.25, 0.3) is 0 Å². The summed E-state index contributed by atoms with van der Waals surface area (Å²) in [6.45, 7) is 2.03. The zero-order chi connectivity index (χ0) is 12.7. The Kier molecular flexibility index (Phi) is 6.29. The van der Waals surface area contributed by atoms with Crippen molar-refractivity contribution in [1.82, 2.24) is 0 Å². The van der Waals surface area contributed by atoms with Gasteiger partial charge >= 0.3 is 5.97 Å². The molecule has 0 saturated heterocycles. The SMILES string of the molecule is CCOC(=O)CC(=O)CSc1ccccc1Br. The Morgan fingerprint density at radius 3 is 2.71 bits per heavy atom. The van der Waals surface area contributed by atoms with Crippen molar-refractivity contribution < 1.29 is 14.3 Å². The van der Waals surface area contributed by atoms with Crippen LogP contribution in [0.2, 0.25) is 0 Å². The van der Waals surface area contributed by atoms with Crippen molar-refractivity contribution in [2.75, 3.05) is 12.4 Å². The fourth-order valence-corrected chi connectivity index (χ4v) is 2.57. The van der Waals surface area contributed by atoms with Crippen molar-refractivity contribution in [3.8, 4) is 0 Å². The second kappa shape index (κ2) is 7.50. The normalized spacial score (nSPS) is 10.0. The Morgan fingerprint density at radius 1 is 1.35 bits per heavy atom. The second-order valence-electron chi connectivity index (χ2n) is 3.24. The largest absolute Gasteiger partial charge is 0.466 e. The minimum Gasteiger partial charge on any atom is -0.466 e. The van der Waals surface area contributed by atoms with Gasteiger partial charge in [-0.25, -0.2) is 0 Å². The predicted octanol–water partition coefficient (Wildman–Crippen LogP) is 3.06. The summed E-state index contributed by atoms with van der Waals surface area (Å²) in [6.07, 6.45) is -0.148. The summed E-state index contributed by atoms with van der Waals surface area (Å²) >= 11 is 4.81. The third-order valence-electron chi connectivity index (χ3n) is 1.87. The molecule has 0 N–H and O–H groups in total. The van der Waals surface area contributed by atoms with E-state index in [9.17, 15) is 9.59 Å². The lowest BCUT2D eigenvalue weighted by Gasteiger charge is -2.03. The van der Waals surface area contributed by atoms with Crippen LogP contribution in [-0.4, -0.2) is 24.1 Å². The number of hydrogen-bond acceptors (Lipinski definition) is 4. The Balaban J connectivity index is 2.38. The van der Waals surface area contributed by atoms with Crippen molar-refractivity contribution in [3.63, 3.8) is 0 Å². The summed E-state index contributed by atoms with van der Waals surface area (Å²) in [6, 6.07) is 7.65. The van der Waals surface area contributed by atoms with Crippen molar-refractivity contribution in [2.45, 2.75) is 18.2 Å². The summed E-state index contributed by atoms with van der Waals surface area (Å²) in [5.74, 6) is -0.295. The third-order valence-corrected chi connectivity index (χ3v) is 3.96. The molecule has 92 valence electrons. The van der Waals surface area contributed by atoms with Crippen LogP contribution >= 0.6 is 27.7 Å². The van der Waals surface area contributed by atoms with Crippen LogP contribution in [0.5, 0.6) is 0 Å². The first-order chi connectivity index (χ1) is 8.13. The molecule has 0 aromatic heterocycles. The highest BCUT2D eigenvalue weighted by Gasteiger charge is 2.11. The third kappa shape index (κ3) is 5.37. The average molecular weight is 317 g/mol. The van der Waals surface area contributed by atoms with E-state index in [-0.39, 0.29) is 18.0 Å². The van der Waals surface area contributed by atoms with Gasteiger partial charge in [0, 0.05) is 9.37 Å². The van der Waals surface area contributed by atoms with Crippen molar-refractivity contribution in [3.05, 3.63) is 28.7 Å². The number of ketones is 1. The highest BCUT2D eigenvalue weighted by molar-refractivity contribution is 9.10. The molecule has 3 nitrogen and oxygen atoms in total. The lowest BCUT2D eigenvalue weighted by atomic mass is 10.3. The van der Waals surface area contributed by atoms with Gasteiger partial charge in [-0.1, -0.05) is 12.1 Å². The number of benzene rings is 1. The summed E-state index contributed by atoms with van der Waals surface area (Å²) in [5.41, 5.74) is 0. The quantitative estimate of drug-likeness (QED) is 0.459. The molecular formula is C12H13BrO3S. The topological polar surface area (TPSA) is 43.4 Å². The zero-order valence-electron chi connectivity index (χ0n) is 9.44. The van der Waals surface area contributed by atoms with E-state index >= 15 is 0 Å². The standard InChI is InChI=1S/C12H13BrO3S/c1-2-16-12(15)7-9(14)8-17-11-6-4-3-5-10(11)13/h3-6H,2,7-8H2,1H3. The van der Waals surface area contributed by atoms with Gasteiger partial charge in [0.1, 0.15) is 6.42 Å². The monoisotopic (exact) mass is 316 g/mol. The van der Waals surface area contributed by atoms with Gasteiger partial charge in [-0.05, 0) is 35.0 Å². The van der Waals surface area contributed by atoms with Gasteiger partial charge < -0.3 is 4.74 Å². The van der Waals surface area contributed by atoms with Crippen LogP contribution in [0.15, 0.2) is 33.6 Å². The molecule has 0 atom stereocenters. The number of esters is 1. The van der Waals surface area contributed by atoms with E-state index in [1.807, 2.05) is 24.3 Å². The molecule has 1 rings (SSSR count). The molecule has 0 saturated carbocycles. The fourth-order valence-electron chi connectivity index (χ4n) is 1.14. The maximum atomic E-state index is 11.5. The molecule has 0 unspecified atom stereocenters. The van der Waals surface area contributed by atoms with E-state index in [0.717, 1.165) is 9.37 Å². The summed E-state index contributed by atoms with van der Waals surface area (Å²) in [4.78, 5) is 23.5. The van der Waals surface area contributed by atoms with Crippen molar-refractivity contribution >= 4 is 39.4 Å². The van der Waals surface area contributed by atoms with Gasteiger partial charge in [-0.2, -0.15) is 0 Å². The molecule has 0 radical (unpaired) electrons. The van der Waals surface area contributed by atoms with Gasteiger partial charge in [0.15, 0.2) is 5.78 Å². The van der Waals surface area contributed by atoms with Gasteiger partial charge in [0.2, 0.25) is 0 Å². The number of ether oxygens (including phenoxy) is 1. The number of halogens is 1. The molecule has 0 heterocycles. The fraction of sp³-hybridized carbons (Fsp3) is 0.333. The first-order valence-electron chi connectivity index (χ1n) is 5.18. The molecule has 0 aliphatic heterocycles. The average Bonchev–Trinajstić information content (AvgIpc) is 2.28. The number of rotatable bonds is 6. The second-order valence-corrected chi connectivity index (χ2v) is 5.11.